The van der Waals surface area contributed by atoms with Crippen molar-refractivity contribution < 1.29 is 57.5 Å². The number of ether oxygens (including phenoxy) is 3. The molecule has 11 N–H and O–H groups in total. The van der Waals surface area contributed by atoms with Crippen molar-refractivity contribution in [1.82, 2.24) is 31.2 Å². The van der Waals surface area contributed by atoms with Gasteiger partial charge in [0.05, 0.1) is 24.7 Å². The fourth-order valence-electron chi connectivity index (χ4n) is 7.02. The second-order valence-corrected chi connectivity index (χ2v) is 17.5. The average Bonchev–Trinajstić information content (AvgIpc) is 4.04. The predicted molar refractivity (Wildman–Crippen MR) is 242 cm³/mol. The Balaban J connectivity index is 1.43. The van der Waals surface area contributed by atoms with Crippen molar-refractivity contribution in [3.05, 3.63) is 42.0 Å². The van der Waals surface area contributed by atoms with E-state index in [1.165, 1.54) is 22.0 Å². The highest BCUT2D eigenvalue weighted by Gasteiger charge is 2.45. The van der Waals surface area contributed by atoms with E-state index in [1.54, 1.807) is 38.1 Å². The second-order valence-electron chi connectivity index (χ2n) is 17.5. The lowest BCUT2D eigenvalue weighted by molar-refractivity contribution is -0.353. The van der Waals surface area contributed by atoms with Gasteiger partial charge in [0.25, 0.3) is 0 Å². The minimum atomic E-state index is -0.937. The van der Waals surface area contributed by atoms with Crippen LogP contribution in [0.4, 0.5) is 20.1 Å². The highest BCUT2D eigenvalue weighted by molar-refractivity contribution is 5.98. The van der Waals surface area contributed by atoms with Gasteiger partial charge >= 0.3 is 18.2 Å². The smallest absolute Gasteiger partial charge is 0.410 e. The molecule has 1 aromatic carbocycles. The van der Waals surface area contributed by atoms with E-state index in [0.717, 1.165) is 6.42 Å². The molecule has 7 atom stereocenters. The Morgan fingerprint density at radius 2 is 1.52 bits per heavy atom. The second kappa shape index (κ2) is 27.2. The van der Waals surface area contributed by atoms with E-state index < -0.39 is 78.3 Å². The highest BCUT2D eigenvalue weighted by atomic mass is 17.2. The van der Waals surface area contributed by atoms with Crippen LogP contribution in [0.5, 0.6) is 0 Å². The summed E-state index contributed by atoms with van der Waals surface area (Å²) in [4.78, 5) is 102. The summed E-state index contributed by atoms with van der Waals surface area (Å²) < 4.78 is 16.6. The Morgan fingerprint density at radius 3 is 2.06 bits per heavy atom. The molecule has 2 aliphatic rings. The van der Waals surface area contributed by atoms with Gasteiger partial charge in [0.1, 0.15) is 37.0 Å². The lowest BCUT2D eigenvalue weighted by atomic mass is 9.98. The number of hydrogen-bond acceptors (Lipinski definition) is 14. The number of carbonyl (C=O) groups excluding carboxylic acids is 7. The van der Waals surface area contributed by atoms with Crippen LogP contribution in [0.25, 0.3) is 0 Å². The maximum absolute atomic E-state index is 13.2. The van der Waals surface area contributed by atoms with Gasteiger partial charge in [0.2, 0.25) is 23.6 Å². The van der Waals surface area contributed by atoms with Crippen LogP contribution in [0.15, 0.2) is 36.4 Å². The van der Waals surface area contributed by atoms with Crippen molar-refractivity contribution >= 4 is 47.5 Å². The molecule has 0 aromatic heterocycles. The Morgan fingerprint density at radius 1 is 0.879 bits per heavy atom. The van der Waals surface area contributed by atoms with Gasteiger partial charge in [-0.05, 0) is 75.1 Å². The fourth-order valence-corrected chi connectivity index (χ4v) is 7.02. The van der Waals surface area contributed by atoms with Gasteiger partial charge in [-0.25, -0.2) is 29.6 Å². The van der Waals surface area contributed by atoms with Crippen molar-refractivity contribution in [2.24, 2.45) is 29.1 Å². The number of piperazine rings is 1. The van der Waals surface area contributed by atoms with Crippen LogP contribution in [0.1, 0.15) is 92.6 Å². The van der Waals surface area contributed by atoms with Crippen molar-refractivity contribution in [2.75, 3.05) is 44.6 Å². The Bertz CT molecular complexity index is 1790. The number of benzene rings is 1. The summed E-state index contributed by atoms with van der Waals surface area (Å²) in [5.74, 6) is 3.74. The van der Waals surface area contributed by atoms with Crippen LogP contribution in [0, 0.1) is 11.8 Å². The molecule has 0 aliphatic carbocycles. The number of nitrogens with two attached hydrogens (primary N) is 3. The maximum Gasteiger partial charge on any atom is 0.410 e. The number of primary amides is 2. The zero-order valence-corrected chi connectivity index (χ0v) is 39.3. The highest BCUT2D eigenvalue weighted by Crippen LogP contribution is 2.37. The predicted octanol–water partition coefficient (Wildman–Crippen LogP) is 2.06. The summed E-state index contributed by atoms with van der Waals surface area (Å²) in [7, 11) is 0. The molecule has 3 rings (SSSR count). The van der Waals surface area contributed by atoms with E-state index in [2.05, 4.69) is 26.7 Å². The third-order valence-corrected chi connectivity index (χ3v) is 11.1. The first kappa shape index (κ1) is 54.8. The normalized spacial score (nSPS) is 18.7. The largest absolute Gasteiger partial charge is 0.445 e. The summed E-state index contributed by atoms with van der Waals surface area (Å²) in [6.07, 6.45) is 2.01. The Labute approximate surface area is 386 Å². The van der Waals surface area contributed by atoms with Crippen LogP contribution < -0.4 is 44.0 Å². The number of hydrogen-bond donors (Lipinski definition) is 8. The fraction of sp³-hybridized carbons (Fsp3) is 0.659. The molecule has 22 heteroatoms. The number of nitrogens with one attached hydrogen (secondary N) is 5. The lowest BCUT2D eigenvalue weighted by Crippen LogP contribution is -2.55. The average molecular weight is 933 g/mol. The molecule has 2 heterocycles. The molecule has 2 saturated heterocycles. The molecule has 370 valence electrons. The molecule has 8 amide bonds. The summed E-state index contributed by atoms with van der Waals surface area (Å²) in [6, 6.07) is 3.83. The summed E-state index contributed by atoms with van der Waals surface area (Å²) >= 11 is 0. The standard InChI is InChI=1S/C44H72N10O12/c1-8-44(26-63-44)24-33(23-36(45)55)66-65-30(7)35(22-27(2)3)50-37(56)16-11-29(6)64-43(61)54-20-18-53(19-21-54)42(60)62-25-31-12-14-32(15-13-31)49-39(57)34(10-9-17-48-41(46)59)51-40(58)38(52-47)28(4)5/h11-16,27-30,33-35,38,52H,8-10,17-26,47H2,1-7H3,(H2,45,55)(H,49,57)(H,50,56)(H,51,58)(H3,46,48,59)/b16-11-/t29-,30+,33+,34-,35+,38-,44+/m0/s1. The monoisotopic (exact) mass is 933 g/mol. The maximum atomic E-state index is 13.2. The van der Waals surface area contributed by atoms with E-state index in [-0.39, 0.29) is 69.6 Å². The first-order valence-corrected chi connectivity index (χ1v) is 22.5. The number of nitrogens with zero attached hydrogens (tertiary/aromatic N) is 2. The van der Waals surface area contributed by atoms with Crippen LogP contribution in [-0.4, -0.2) is 133 Å². The van der Waals surface area contributed by atoms with Gasteiger partial charge in [-0.1, -0.05) is 46.8 Å². The first-order chi connectivity index (χ1) is 31.2. The molecule has 0 saturated carbocycles. The molecular weight excluding hydrogens is 861 g/mol. The van der Waals surface area contributed by atoms with Crippen molar-refractivity contribution in [2.45, 2.75) is 136 Å². The molecule has 22 nitrogen and oxygen atoms in total. The van der Waals surface area contributed by atoms with Gasteiger partial charge in [-0.2, -0.15) is 0 Å². The number of amides is 8. The molecule has 2 fully saturated rings. The van der Waals surface area contributed by atoms with E-state index in [0.29, 0.717) is 37.1 Å². The van der Waals surface area contributed by atoms with Gasteiger partial charge in [0.15, 0.2) is 0 Å². The van der Waals surface area contributed by atoms with Crippen LogP contribution in [0.3, 0.4) is 0 Å². The summed E-state index contributed by atoms with van der Waals surface area (Å²) in [5, 5.41) is 10.9. The number of carbonyl (C=O) groups is 7. The van der Waals surface area contributed by atoms with Crippen LogP contribution >= 0.6 is 0 Å². The minimum absolute atomic E-state index is 0.0334. The minimum Gasteiger partial charge on any atom is -0.445 e. The number of urea groups is 1. The SMILES string of the molecule is CC[C@@]1(C[C@@H](CC(N)=O)OO[C@H](C)[C@@H](CC(C)C)NC(=O)/C=C\[C@H](C)OC(=O)N2CCN(C(=O)OCc3ccc(NC(=O)[C@H](CCCNC(N)=O)NC(=O)[C@@H](NN)C(C)C)cc3)CC2)CO1. The van der Waals surface area contributed by atoms with Crippen molar-refractivity contribution in [3.8, 4) is 0 Å². The quantitative estimate of drug-likeness (QED) is 0.0157. The molecular formula is C44H72N10O12. The summed E-state index contributed by atoms with van der Waals surface area (Å²) in [5.41, 5.74) is 13.8. The van der Waals surface area contributed by atoms with E-state index in [1.807, 2.05) is 34.6 Å². The first-order valence-electron chi connectivity index (χ1n) is 22.5. The van der Waals surface area contributed by atoms with E-state index >= 15 is 0 Å². The molecule has 2 aliphatic heterocycles. The van der Waals surface area contributed by atoms with Crippen LogP contribution in [-0.2, 0) is 49.8 Å². The number of hydrazine groups is 1. The molecule has 1 aromatic rings. The zero-order chi connectivity index (χ0) is 49.0. The Hall–Kier alpha value is -5.55. The molecule has 0 spiro atoms. The van der Waals surface area contributed by atoms with Gasteiger partial charge in [-0.15, -0.1) is 0 Å². The summed E-state index contributed by atoms with van der Waals surface area (Å²) in [6.45, 7) is 14.6. The topological polar surface area (TPSA) is 314 Å². The van der Waals surface area contributed by atoms with Gasteiger partial charge in [-0.3, -0.25) is 25.0 Å². The van der Waals surface area contributed by atoms with E-state index in [4.69, 9.17) is 41.3 Å². The zero-order valence-electron chi connectivity index (χ0n) is 39.3. The third-order valence-electron chi connectivity index (χ3n) is 11.1. The number of rotatable bonds is 27. The lowest BCUT2D eigenvalue weighted by Gasteiger charge is -2.33. The van der Waals surface area contributed by atoms with Gasteiger partial charge < -0.3 is 56.7 Å². The number of anilines is 1. The molecule has 66 heavy (non-hydrogen) atoms. The van der Waals surface area contributed by atoms with Crippen LogP contribution in [0.2, 0.25) is 0 Å². The molecule has 0 radical (unpaired) electrons. The van der Waals surface area contributed by atoms with Gasteiger partial charge in [0, 0.05) is 50.9 Å². The molecule has 0 unspecified atom stereocenters. The number of epoxide rings is 1. The Kier molecular flexibility index (Phi) is 22.6. The van der Waals surface area contributed by atoms with E-state index in [9.17, 15) is 33.6 Å². The van der Waals surface area contributed by atoms with Crippen molar-refractivity contribution in [3.63, 3.8) is 0 Å². The third kappa shape index (κ3) is 19.5. The van der Waals surface area contributed by atoms with Crippen molar-refractivity contribution in [1.29, 1.82) is 0 Å². The molecule has 0 bridgehead atoms.